The molecule has 0 spiro atoms. The number of hydrogen-bond donors (Lipinski definition) is 0. The average molecular weight is 274 g/mol. The summed E-state index contributed by atoms with van der Waals surface area (Å²) in [6.45, 7) is 4.20. The molecule has 2 heterocycles. The van der Waals surface area contributed by atoms with Crippen molar-refractivity contribution in [3.8, 4) is 0 Å². The minimum Gasteiger partial charge on any atom is -0.329 e. The van der Waals surface area contributed by atoms with E-state index in [4.69, 9.17) is 0 Å². The molecule has 0 aromatic carbocycles. The molecule has 0 fully saturated rings. The van der Waals surface area contributed by atoms with Gasteiger partial charge in [-0.25, -0.2) is 4.48 Å². The van der Waals surface area contributed by atoms with Crippen molar-refractivity contribution in [2.24, 2.45) is 20.7 Å². The van der Waals surface area contributed by atoms with Crippen LogP contribution in [-0.2, 0) is 0 Å². The van der Waals surface area contributed by atoms with E-state index in [1.165, 1.54) is 25.7 Å². The highest BCUT2D eigenvalue weighted by molar-refractivity contribution is 5.85. The second-order valence-corrected chi connectivity index (χ2v) is 4.84. The highest BCUT2D eigenvalue weighted by Crippen LogP contribution is 2.27. The quantitative estimate of drug-likeness (QED) is 0.541. The first-order valence-electron chi connectivity index (χ1n) is 6.33. The van der Waals surface area contributed by atoms with Crippen LogP contribution in [0.15, 0.2) is 33.1 Å². The Balaban J connectivity index is 0.00000162. The van der Waals surface area contributed by atoms with Gasteiger partial charge in [0.1, 0.15) is 6.20 Å². The number of hydrogen-bond acceptors (Lipinski definition) is 5. The fourth-order valence-electron chi connectivity index (χ4n) is 2.37. The molecule has 0 aromatic rings. The number of rotatable bonds is 6. The van der Waals surface area contributed by atoms with Crippen LogP contribution in [0.5, 0.6) is 0 Å². The molecule has 0 aliphatic carbocycles. The summed E-state index contributed by atoms with van der Waals surface area (Å²) in [5.41, 5.74) is 0. The van der Waals surface area contributed by atoms with Gasteiger partial charge in [-0.05, 0) is 23.3 Å². The third-order valence-electron chi connectivity index (χ3n) is 3.34. The van der Waals surface area contributed by atoms with Crippen molar-refractivity contribution in [3.05, 3.63) is 12.4 Å². The van der Waals surface area contributed by atoms with Crippen LogP contribution < -0.4 is 0 Å². The predicted molar refractivity (Wildman–Crippen MR) is 71.8 cm³/mol. The second kappa shape index (κ2) is 6.80. The van der Waals surface area contributed by atoms with Gasteiger partial charge in [0.25, 0.3) is 0 Å². The van der Waals surface area contributed by atoms with Gasteiger partial charge >= 0.3 is 6.29 Å². The summed E-state index contributed by atoms with van der Waals surface area (Å²) < 4.78 is 0.743. The molecule has 1 unspecified atom stereocenters. The van der Waals surface area contributed by atoms with E-state index in [1.807, 2.05) is 0 Å². The van der Waals surface area contributed by atoms with Gasteiger partial charge in [-0.2, -0.15) is 0 Å². The normalized spacial score (nSPS) is 26.0. The predicted octanol–water partition coefficient (Wildman–Crippen LogP) is 3.30. The number of halogens is 1. The van der Waals surface area contributed by atoms with Crippen LogP contribution in [0.1, 0.15) is 32.6 Å². The van der Waals surface area contributed by atoms with Crippen molar-refractivity contribution in [2.45, 2.75) is 38.9 Å². The monoisotopic (exact) mass is 273 g/mol. The molecular formula is C11H22ClN6+. The fraction of sp³-hybridized carbons (Fsp3) is 0.818. The molecule has 2 aliphatic rings. The van der Waals surface area contributed by atoms with E-state index in [0.29, 0.717) is 0 Å². The van der Waals surface area contributed by atoms with Crippen LogP contribution in [-0.4, -0.2) is 35.9 Å². The summed E-state index contributed by atoms with van der Waals surface area (Å²) in [4.78, 5) is 2.17. The maximum absolute atomic E-state index is 4.11. The molecule has 7 heteroatoms. The summed E-state index contributed by atoms with van der Waals surface area (Å²) in [6.07, 6.45) is 9.15. The lowest BCUT2D eigenvalue weighted by Gasteiger charge is -2.32. The molecule has 18 heavy (non-hydrogen) atoms. The number of unbranched alkanes of at least 4 members (excludes halogenated alkanes) is 3. The Morgan fingerprint density at radius 3 is 2.50 bits per heavy atom. The van der Waals surface area contributed by atoms with Gasteiger partial charge in [0.15, 0.2) is 6.67 Å². The van der Waals surface area contributed by atoms with E-state index < -0.39 is 0 Å². The highest BCUT2D eigenvalue weighted by atomic mass is 35.5. The molecule has 2 aliphatic heterocycles. The summed E-state index contributed by atoms with van der Waals surface area (Å²) in [5.74, 6) is 0. The van der Waals surface area contributed by atoms with Crippen molar-refractivity contribution in [1.29, 1.82) is 0 Å². The Labute approximate surface area is 114 Å². The molecule has 0 radical (unpaired) electrons. The zero-order chi connectivity index (χ0) is 12.1. The fourth-order valence-corrected chi connectivity index (χ4v) is 2.37. The zero-order valence-corrected chi connectivity index (χ0v) is 11.9. The summed E-state index contributed by atoms with van der Waals surface area (Å²) in [7, 11) is 2.08. The van der Waals surface area contributed by atoms with E-state index in [1.54, 1.807) is 0 Å². The first-order valence-corrected chi connectivity index (χ1v) is 6.33. The third-order valence-corrected chi connectivity index (χ3v) is 3.34. The maximum atomic E-state index is 4.11. The van der Waals surface area contributed by atoms with Crippen molar-refractivity contribution >= 4 is 12.4 Å². The standard InChI is InChI=1S/C11H21N6.ClH/c1-3-4-5-6-8-17(9-7-16(2)10-17)11-12-14-15-13-11;/h7,9,11H,3-6,8,10H2,1-2H3;1H/q+1;. The lowest BCUT2D eigenvalue weighted by atomic mass is 10.2. The van der Waals surface area contributed by atoms with Crippen molar-refractivity contribution in [1.82, 2.24) is 4.90 Å². The Bertz CT molecular complexity index is 330. The van der Waals surface area contributed by atoms with Gasteiger partial charge < -0.3 is 4.90 Å². The van der Waals surface area contributed by atoms with Crippen molar-refractivity contribution < 1.29 is 4.48 Å². The summed E-state index contributed by atoms with van der Waals surface area (Å²) in [6, 6.07) is 0. The zero-order valence-electron chi connectivity index (χ0n) is 11.1. The topological polar surface area (TPSA) is 52.7 Å². The Hall–Kier alpha value is -1.01. The number of quaternary nitrogens is 1. The first kappa shape index (κ1) is 15.0. The van der Waals surface area contributed by atoms with Crippen LogP contribution in [0, 0.1) is 0 Å². The first-order chi connectivity index (χ1) is 8.27. The Morgan fingerprint density at radius 1 is 1.22 bits per heavy atom. The molecule has 102 valence electrons. The lowest BCUT2D eigenvalue weighted by molar-refractivity contribution is -0.904. The summed E-state index contributed by atoms with van der Waals surface area (Å²) >= 11 is 0. The van der Waals surface area contributed by atoms with Crippen LogP contribution in [0.2, 0.25) is 0 Å². The van der Waals surface area contributed by atoms with E-state index in [9.17, 15) is 0 Å². The van der Waals surface area contributed by atoms with E-state index in [0.717, 1.165) is 17.7 Å². The molecular weight excluding hydrogens is 252 g/mol. The van der Waals surface area contributed by atoms with E-state index in [-0.39, 0.29) is 18.7 Å². The molecule has 1 atom stereocenters. The largest absolute Gasteiger partial charge is 0.329 e. The second-order valence-electron chi connectivity index (χ2n) is 4.84. The lowest BCUT2D eigenvalue weighted by Crippen LogP contribution is -2.50. The third kappa shape index (κ3) is 3.26. The van der Waals surface area contributed by atoms with Crippen LogP contribution >= 0.6 is 12.4 Å². The Kier molecular flexibility index (Phi) is 5.68. The van der Waals surface area contributed by atoms with E-state index >= 15 is 0 Å². The molecule has 6 nitrogen and oxygen atoms in total. The summed E-state index contributed by atoms with van der Waals surface area (Å²) in [5, 5.41) is 15.5. The van der Waals surface area contributed by atoms with Gasteiger partial charge in [-0.1, -0.05) is 30.0 Å². The van der Waals surface area contributed by atoms with Crippen molar-refractivity contribution in [2.75, 3.05) is 20.3 Å². The van der Waals surface area contributed by atoms with Crippen molar-refractivity contribution in [3.63, 3.8) is 0 Å². The van der Waals surface area contributed by atoms with Gasteiger partial charge in [-0.3, -0.25) is 0 Å². The van der Waals surface area contributed by atoms with Gasteiger partial charge in [0.2, 0.25) is 0 Å². The smallest absolute Gasteiger partial charge is 0.326 e. The average Bonchev–Trinajstić information content (AvgIpc) is 2.95. The Morgan fingerprint density at radius 2 is 1.94 bits per heavy atom. The SMILES string of the molecule is CCCCCC[N+]1(C2N=NN=N2)C=CN(C)C1.Cl. The minimum absolute atomic E-state index is 0. The molecule has 0 saturated carbocycles. The van der Waals surface area contributed by atoms with Gasteiger partial charge in [-0.15, -0.1) is 12.4 Å². The van der Waals surface area contributed by atoms with Crippen LogP contribution in [0.25, 0.3) is 0 Å². The van der Waals surface area contributed by atoms with Crippen LogP contribution in [0.4, 0.5) is 0 Å². The molecule has 0 saturated heterocycles. The molecule has 2 rings (SSSR count). The molecule has 0 amide bonds. The van der Waals surface area contributed by atoms with Gasteiger partial charge in [0.05, 0.1) is 12.7 Å². The number of nitrogens with zero attached hydrogens (tertiary/aromatic N) is 6. The van der Waals surface area contributed by atoms with E-state index in [2.05, 4.69) is 51.9 Å². The molecule has 0 aromatic heterocycles. The molecule has 0 N–H and O–H groups in total. The van der Waals surface area contributed by atoms with Gasteiger partial charge in [0, 0.05) is 7.05 Å². The van der Waals surface area contributed by atoms with Crippen LogP contribution in [0.3, 0.4) is 0 Å². The minimum atomic E-state index is -0.169. The highest BCUT2D eigenvalue weighted by Gasteiger charge is 2.40. The molecule has 0 bridgehead atoms. The maximum Gasteiger partial charge on any atom is 0.326 e.